The number of nitrogens with two attached hydrogens (primary N) is 1. The third-order valence-electron chi connectivity index (χ3n) is 2.25. The van der Waals surface area contributed by atoms with Crippen molar-refractivity contribution in [1.82, 2.24) is 20.3 Å². The summed E-state index contributed by atoms with van der Waals surface area (Å²) >= 11 is 0. The molecule has 0 radical (unpaired) electrons. The molecule has 17 heavy (non-hydrogen) atoms. The van der Waals surface area contributed by atoms with Crippen LogP contribution in [0.25, 0.3) is 0 Å². The SMILES string of the molecule is CC(CNC(=O)c1cn(CCN)nn1)S(C)=O. The monoisotopic (exact) mass is 259 g/mol. The highest BCUT2D eigenvalue weighted by Gasteiger charge is 2.13. The first-order chi connectivity index (χ1) is 8.04. The summed E-state index contributed by atoms with van der Waals surface area (Å²) < 4.78 is 12.6. The van der Waals surface area contributed by atoms with Crippen molar-refractivity contribution in [1.29, 1.82) is 0 Å². The molecule has 2 unspecified atom stereocenters. The fraction of sp³-hybridized carbons (Fsp3) is 0.667. The molecule has 7 nitrogen and oxygen atoms in total. The van der Waals surface area contributed by atoms with Crippen molar-refractivity contribution < 1.29 is 9.00 Å². The summed E-state index contributed by atoms with van der Waals surface area (Å²) in [6, 6.07) is 0. The van der Waals surface area contributed by atoms with Gasteiger partial charge in [-0.25, -0.2) is 0 Å². The zero-order valence-corrected chi connectivity index (χ0v) is 10.7. The fourth-order valence-electron chi connectivity index (χ4n) is 1.09. The summed E-state index contributed by atoms with van der Waals surface area (Å²) in [4.78, 5) is 11.6. The van der Waals surface area contributed by atoms with E-state index in [4.69, 9.17) is 5.73 Å². The number of nitrogens with zero attached hydrogens (tertiary/aromatic N) is 3. The maximum Gasteiger partial charge on any atom is 0.273 e. The molecule has 0 spiro atoms. The molecule has 1 aromatic rings. The quantitative estimate of drug-likeness (QED) is 0.663. The molecule has 0 saturated heterocycles. The zero-order valence-electron chi connectivity index (χ0n) is 9.92. The highest BCUT2D eigenvalue weighted by molar-refractivity contribution is 7.84. The van der Waals surface area contributed by atoms with Crippen LogP contribution in [0.5, 0.6) is 0 Å². The molecule has 0 bridgehead atoms. The fourth-order valence-corrected chi connectivity index (χ4v) is 1.41. The first kappa shape index (κ1) is 13.8. The molecule has 2 atom stereocenters. The Hall–Kier alpha value is -1.28. The molecular weight excluding hydrogens is 242 g/mol. The molecule has 1 rings (SSSR count). The third-order valence-corrected chi connectivity index (χ3v) is 3.55. The lowest BCUT2D eigenvalue weighted by Gasteiger charge is -2.08. The van der Waals surface area contributed by atoms with Gasteiger partial charge in [-0.05, 0) is 6.92 Å². The zero-order chi connectivity index (χ0) is 12.8. The minimum absolute atomic E-state index is 0.0852. The molecule has 0 saturated carbocycles. The number of amides is 1. The van der Waals surface area contributed by atoms with E-state index in [2.05, 4.69) is 15.6 Å². The molecule has 0 aliphatic heterocycles. The molecule has 3 N–H and O–H groups in total. The van der Waals surface area contributed by atoms with Crippen LogP contribution in [-0.4, -0.2) is 49.7 Å². The van der Waals surface area contributed by atoms with Crippen LogP contribution in [0.1, 0.15) is 17.4 Å². The van der Waals surface area contributed by atoms with Crippen molar-refractivity contribution in [3.8, 4) is 0 Å². The first-order valence-corrected chi connectivity index (χ1v) is 6.87. The maximum atomic E-state index is 11.6. The summed E-state index contributed by atoms with van der Waals surface area (Å²) in [6.07, 6.45) is 3.14. The third kappa shape index (κ3) is 4.23. The summed E-state index contributed by atoms with van der Waals surface area (Å²) in [6.45, 7) is 3.12. The molecule has 1 amide bonds. The second-order valence-corrected chi connectivity index (χ2v) is 5.48. The summed E-state index contributed by atoms with van der Waals surface area (Å²) in [7, 11) is -0.953. The van der Waals surface area contributed by atoms with Gasteiger partial charge >= 0.3 is 0 Å². The Bertz CT molecular complexity index is 406. The van der Waals surface area contributed by atoms with Crippen LogP contribution in [0.2, 0.25) is 0 Å². The van der Waals surface area contributed by atoms with Crippen LogP contribution in [0.4, 0.5) is 0 Å². The molecular formula is C9H17N5O2S. The normalized spacial score (nSPS) is 14.3. The van der Waals surface area contributed by atoms with E-state index in [9.17, 15) is 9.00 Å². The van der Waals surface area contributed by atoms with Gasteiger partial charge in [0.25, 0.3) is 5.91 Å². The minimum Gasteiger partial charge on any atom is -0.349 e. The molecule has 1 heterocycles. The Kier molecular flexibility index (Phi) is 5.23. The van der Waals surface area contributed by atoms with Crippen LogP contribution >= 0.6 is 0 Å². The number of aromatic nitrogens is 3. The Morgan fingerprint density at radius 2 is 2.41 bits per heavy atom. The molecule has 0 aromatic carbocycles. The summed E-state index contributed by atoms with van der Waals surface area (Å²) in [5, 5.41) is 10.1. The standard InChI is InChI=1S/C9H17N5O2S/c1-7(17(2)16)5-11-9(15)8-6-14(4-3-10)13-12-8/h6-7H,3-5,10H2,1-2H3,(H,11,15). The van der Waals surface area contributed by atoms with Crippen molar-refractivity contribution >= 4 is 16.7 Å². The van der Waals surface area contributed by atoms with Crippen molar-refractivity contribution in [3.05, 3.63) is 11.9 Å². The first-order valence-electron chi connectivity index (χ1n) is 5.25. The number of hydrogen-bond acceptors (Lipinski definition) is 5. The smallest absolute Gasteiger partial charge is 0.273 e. The van der Waals surface area contributed by atoms with Gasteiger partial charge < -0.3 is 11.1 Å². The van der Waals surface area contributed by atoms with E-state index < -0.39 is 10.8 Å². The number of carbonyl (C=O) groups is 1. The van der Waals surface area contributed by atoms with Crippen LogP contribution in [0.3, 0.4) is 0 Å². The van der Waals surface area contributed by atoms with Gasteiger partial charge in [0, 0.05) is 35.4 Å². The molecule has 8 heteroatoms. The Morgan fingerprint density at radius 3 is 3.00 bits per heavy atom. The van der Waals surface area contributed by atoms with E-state index in [0.29, 0.717) is 19.6 Å². The van der Waals surface area contributed by atoms with Gasteiger partial charge in [0.15, 0.2) is 5.69 Å². The van der Waals surface area contributed by atoms with Gasteiger partial charge in [0.1, 0.15) is 0 Å². The topological polar surface area (TPSA) is 103 Å². The van der Waals surface area contributed by atoms with Crippen LogP contribution in [0.15, 0.2) is 6.20 Å². The average Bonchev–Trinajstić information content (AvgIpc) is 2.74. The van der Waals surface area contributed by atoms with E-state index in [1.54, 1.807) is 6.26 Å². The van der Waals surface area contributed by atoms with Crippen LogP contribution in [-0.2, 0) is 17.3 Å². The van der Waals surface area contributed by atoms with E-state index in [1.807, 2.05) is 6.92 Å². The van der Waals surface area contributed by atoms with Crippen LogP contribution < -0.4 is 11.1 Å². The van der Waals surface area contributed by atoms with Crippen molar-refractivity contribution in [3.63, 3.8) is 0 Å². The lowest BCUT2D eigenvalue weighted by molar-refractivity contribution is 0.0949. The Balaban J connectivity index is 2.49. The number of nitrogens with one attached hydrogen (secondary N) is 1. The van der Waals surface area contributed by atoms with E-state index in [1.165, 1.54) is 10.9 Å². The molecule has 0 aliphatic carbocycles. The van der Waals surface area contributed by atoms with Gasteiger partial charge in [-0.15, -0.1) is 5.10 Å². The van der Waals surface area contributed by atoms with Crippen molar-refractivity contribution in [2.45, 2.75) is 18.7 Å². The van der Waals surface area contributed by atoms with E-state index >= 15 is 0 Å². The predicted octanol–water partition coefficient (Wildman–Crippen LogP) is -1.27. The van der Waals surface area contributed by atoms with Gasteiger partial charge in [-0.2, -0.15) is 0 Å². The second-order valence-electron chi connectivity index (χ2n) is 3.67. The second kappa shape index (κ2) is 6.45. The highest BCUT2D eigenvalue weighted by atomic mass is 32.2. The predicted molar refractivity (Wildman–Crippen MR) is 64.9 cm³/mol. The number of rotatable bonds is 6. The number of carbonyl (C=O) groups excluding carboxylic acids is 1. The van der Waals surface area contributed by atoms with Crippen molar-refractivity contribution in [2.24, 2.45) is 5.73 Å². The van der Waals surface area contributed by atoms with Crippen LogP contribution in [0, 0.1) is 0 Å². The Labute approximate surface area is 102 Å². The number of hydrogen-bond donors (Lipinski definition) is 2. The van der Waals surface area contributed by atoms with E-state index in [0.717, 1.165) is 0 Å². The summed E-state index contributed by atoms with van der Waals surface area (Å²) in [5.41, 5.74) is 5.60. The molecule has 96 valence electrons. The lowest BCUT2D eigenvalue weighted by Crippen LogP contribution is -2.32. The molecule has 0 aliphatic rings. The van der Waals surface area contributed by atoms with Crippen molar-refractivity contribution in [2.75, 3.05) is 19.3 Å². The molecule has 0 fully saturated rings. The minimum atomic E-state index is -0.953. The van der Waals surface area contributed by atoms with E-state index in [-0.39, 0.29) is 16.9 Å². The van der Waals surface area contributed by atoms with Gasteiger partial charge in [0.2, 0.25) is 0 Å². The van der Waals surface area contributed by atoms with Gasteiger partial charge in [-0.3, -0.25) is 13.7 Å². The highest BCUT2D eigenvalue weighted by Crippen LogP contribution is 1.95. The Morgan fingerprint density at radius 1 is 1.71 bits per heavy atom. The summed E-state index contributed by atoms with van der Waals surface area (Å²) in [5.74, 6) is -0.314. The molecule has 1 aromatic heterocycles. The average molecular weight is 259 g/mol. The van der Waals surface area contributed by atoms with Gasteiger partial charge in [-0.1, -0.05) is 5.21 Å². The maximum absolute atomic E-state index is 11.6. The lowest BCUT2D eigenvalue weighted by atomic mass is 10.4. The largest absolute Gasteiger partial charge is 0.349 e. The van der Waals surface area contributed by atoms with Gasteiger partial charge in [0.05, 0.1) is 12.7 Å².